The predicted octanol–water partition coefficient (Wildman–Crippen LogP) is 28.7. The zero-order valence-corrected chi connectivity index (χ0v) is 74.9. The van der Waals surface area contributed by atoms with Crippen LogP contribution in [0.4, 0.5) is 0 Å². The summed E-state index contributed by atoms with van der Waals surface area (Å²) in [5, 5.41) is 10.7. The third-order valence-corrected chi connectivity index (χ3v) is 23.7. The monoisotopic (exact) mass is 1620 g/mol. The molecule has 660 valence electrons. The Morgan fingerprint density at radius 2 is 0.414 bits per heavy atom. The van der Waals surface area contributed by atoms with E-state index in [0.29, 0.717) is 25.7 Å². The standard InChI is InChI=1S/C92H180O17P2/c1-6-9-12-15-18-21-23-25-27-29-31-33-35-40-44-48-52-56-61-66-71-76-90(95)103-82-88(109-92(97)78-73-68-63-58-54-50-46-42-38-37-39-43-47-51-55-59-64-69-74-85(4)5)84-107-111(100,101)105-80-86(93)79-104-110(98,99)106-83-87(81-102-89(94)75-70-65-60-20-17-14-11-8-3)108-91(96)77-72-67-62-57-53-49-45-41-36-34-32-30-28-26-24-22-19-16-13-10-7-2/h85-88,93H,6-84H2,1-5H3,(H,98,99)(H,100,101)/t86-,87+,88+/m0/s1. The average Bonchev–Trinajstić information content (AvgIpc) is 0.899. The van der Waals surface area contributed by atoms with Gasteiger partial charge in [-0.15, -0.1) is 0 Å². The fourth-order valence-corrected chi connectivity index (χ4v) is 16.1. The van der Waals surface area contributed by atoms with Gasteiger partial charge in [0.15, 0.2) is 12.2 Å². The van der Waals surface area contributed by atoms with E-state index in [-0.39, 0.29) is 25.7 Å². The molecule has 0 aromatic carbocycles. The second-order valence-corrected chi connectivity index (χ2v) is 36.4. The van der Waals surface area contributed by atoms with Crippen LogP contribution >= 0.6 is 15.6 Å². The number of unbranched alkanes of at least 4 members (excludes halogenated alkanes) is 64. The molecule has 17 nitrogen and oxygen atoms in total. The second-order valence-electron chi connectivity index (χ2n) is 33.5. The van der Waals surface area contributed by atoms with Gasteiger partial charge in [-0.25, -0.2) is 9.13 Å². The third kappa shape index (κ3) is 85.8. The zero-order chi connectivity index (χ0) is 81.1. The molecule has 0 aliphatic heterocycles. The van der Waals surface area contributed by atoms with Gasteiger partial charge in [0.2, 0.25) is 0 Å². The smallest absolute Gasteiger partial charge is 0.462 e. The topological polar surface area (TPSA) is 237 Å². The number of carbonyl (C=O) groups is 4. The highest BCUT2D eigenvalue weighted by molar-refractivity contribution is 7.47. The first-order valence-corrected chi connectivity index (χ1v) is 50.6. The molecule has 0 aromatic heterocycles. The molecule has 0 saturated carbocycles. The van der Waals surface area contributed by atoms with Crippen LogP contribution in [0.5, 0.6) is 0 Å². The Kier molecular flexibility index (Phi) is 83.0. The van der Waals surface area contributed by atoms with Crippen molar-refractivity contribution in [1.82, 2.24) is 0 Å². The van der Waals surface area contributed by atoms with Crippen LogP contribution in [0.2, 0.25) is 0 Å². The number of hydrogen-bond donors (Lipinski definition) is 3. The van der Waals surface area contributed by atoms with E-state index in [0.717, 1.165) is 95.8 Å². The fourth-order valence-electron chi connectivity index (χ4n) is 14.5. The van der Waals surface area contributed by atoms with Crippen LogP contribution in [-0.2, 0) is 65.4 Å². The van der Waals surface area contributed by atoms with E-state index in [9.17, 15) is 43.2 Å². The molecule has 0 bridgehead atoms. The van der Waals surface area contributed by atoms with Crippen molar-refractivity contribution in [3.63, 3.8) is 0 Å². The number of hydrogen-bond acceptors (Lipinski definition) is 15. The molecule has 3 N–H and O–H groups in total. The van der Waals surface area contributed by atoms with E-state index in [2.05, 4.69) is 34.6 Å². The van der Waals surface area contributed by atoms with Gasteiger partial charge in [-0.1, -0.05) is 452 Å². The zero-order valence-electron chi connectivity index (χ0n) is 73.1. The van der Waals surface area contributed by atoms with Gasteiger partial charge in [-0.2, -0.15) is 0 Å². The van der Waals surface area contributed by atoms with Crippen molar-refractivity contribution < 1.29 is 80.2 Å². The Bertz CT molecular complexity index is 2100. The molecule has 0 radical (unpaired) electrons. The molecule has 0 spiro atoms. The Morgan fingerprint density at radius 3 is 0.613 bits per heavy atom. The molecule has 111 heavy (non-hydrogen) atoms. The average molecular weight is 1620 g/mol. The van der Waals surface area contributed by atoms with Crippen LogP contribution in [0.25, 0.3) is 0 Å². The number of carbonyl (C=O) groups excluding carboxylic acids is 4. The quantitative estimate of drug-likeness (QED) is 0.0222. The van der Waals surface area contributed by atoms with Crippen LogP contribution in [0.3, 0.4) is 0 Å². The maximum Gasteiger partial charge on any atom is 0.472 e. The number of esters is 4. The van der Waals surface area contributed by atoms with Crippen LogP contribution < -0.4 is 0 Å². The number of ether oxygens (including phenoxy) is 4. The van der Waals surface area contributed by atoms with Crippen molar-refractivity contribution in [3.8, 4) is 0 Å². The molecule has 0 fully saturated rings. The molecule has 19 heteroatoms. The molecule has 5 atom stereocenters. The molecule has 0 aromatic rings. The number of phosphoric acid groups is 2. The van der Waals surface area contributed by atoms with Gasteiger partial charge in [-0.3, -0.25) is 37.3 Å². The fraction of sp³-hybridized carbons (Fsp3) is 0.957. The predicted molar refractivity (Wildman–Crippen MR) is 460 cm³/mol. The van der Waals surface area contributed by atoms with Gasteiger partial charge in [0.25, 0.3) is 0 Å². The maximum atomic E-state index is 13.2. The highest BCUT2D eigenvalue weighted by atomic mass is 31.2. The Labute approximate surface area is 683 Å². The van der Waals surface area contributed by atoms with Crippen LogP contribution in [-0.4, -0.2) is 96.7 Å². The van der Waals surface area contributed by atoms with Gasteiger partial charge >= 0.3 is 39.5 Å². The molecular weight excluding hydrogens is 1440 g/mol. The SMILES string of the molecule is CCCCCCCCCCCCCCCCCCCCCCCC(=O)OC[C@H](COP(=O)(O)OC[C@@H](O)COP(=O)(O)OC[C@@H](COC(=O)CCCCCCCCCC)OC(=O)CCCCCCCCCCCCCCCCCCCCCCC)OC(=O)CCCCCCCCCCCCCCCCCCCCC(C)C. The summed E-state index contributed by atoms with van der Waals surface area (Å²) >= 11 is 0. The molecule has 0 amide bonds. The minimum Gasteiger partial charge on any atom is -0.462 e. The lowest BCUT2D eigenvalue weighted by atomic mass is 10.0. The van der Waals surface area contributed by atoms with Crippen LogP contribution in [0.15, 0.2) is 0 Å². The van der Waals surface area contributed by atoms with E-state index < -0.39 is 97.5 Å². The number of phosphoric ester groups is 2. The highest BCUT2D eigenvalue weighted by Gasteiger charge is 2.31. The normalized spacial score (nSPS) is 13.7. The van der Waals surface area contributed by atoms with Gasteiger partial charge in [0.1, 0.15) is 19.3 Å². The lowest BCUT2D eigenvalue weighted by Gasteiger charge is -2.21. The molecule has 2 unspecified atom stereocenters. The molecule has 0 aliphatic rings. The van der Waals surface area contributed by atoms with E-state index in [4.69, 9.17) is 37.0 Å². The van der Waals surface area contributed by atoms with Crippen molar-refractivity contribution in [2.24, 2.45) is 5.92 Å². The molecule has 0 heterocycles. The number of rotatable bonds is 92. The van der Waals surface area contributed by atoms with Crippen molar-refractivity contribution in [3.05, 3.63) is 0 Å². The minimum absolute atomic E-state index is 0.109. The van der Waals surface area contributed by atoms with Gasteiger partial charge < -0.3 is 33.8 Å². The Balaban J connectivity index is 5.15. The Hall–Kier alpha value is -1.94. The number of aliphatic hydroxyl groups is 1. The summed E-state index contributed by atoms with van der Waals surface area (Å²) < 4.78 is 69.0. The van der Waals surface area contributed by atoms with Gasteiger partial charge in [0, 0.05) is 25.7 Å². The molecule has 0 rings (SSSR count). The van der Waals surface area contributed by atoms with Gasteiger partial charge in [-0.05, 0) is 31.6 Å². The largest absolute Gasteiger partial charge is 0.472 e. The van der Waals surface area contributed by atoms with E-state index in [1.165, 1.54) is 327 Å². The Morgan fingerprint density at radius 1 is 0.243 bits per heavy atom. The summed E-state index contributed by atoms with van der Waals surface area (Å²) in [6.45, 7) is 7.40. The molecule has 0 saturated heterocycles. The lowest BCUT2D eigenvalue weighted by Crippen LogP contribution is -2.30. The maximum absolute atomic E-state index is 13.2. The summed E-state index contributed by atoms with van der Waals surface area (Å²) in [6.07, 6.45) is 80.9. The van der Waals surface area contributed by atoms with E-state index in [1.807, 2.05) is 0 Å². The summed E-state index contributed by atoms with van der Waals surface area (Å²) in [5.41, 5.74) is 0. The first-order valence-electron chi connectivity index (χ1n) is 47.6. The summed E-state index contributed by atoms with van der Waals surface area (Å²) in [6, 6.07) is 0. The van der Waals surface area contributed by atoms with Crippen LogP contribution in [0.1, 0.15) is 503 Å². The summed E-state index contributed by atoms with van der Waals surface area (Å²) in [5.74, 6) is -1.28. The first-order chi connectivity index (χ1) is 54.0. The molecular formula is C92H180O17P2. The summed E-state index contributed by atoms with van der Waals surface area (Å²) in [7, 11) is -9.93. The molecule has 0 aliphatic carbocycles. The van der Waals surface area contributed by atoms with E-state index in [1.54, 1.807) is 0 Å². The highest BCUT2D eigenvalue weighted by Crippen LogP contribution is 2.45. The van der Waals surface area contributed by atoms with Crippen molar-refractivity contribution in [2.75, 3.05) is 39.6 Å². The van der Waals surface area contributed by atoms with E-state index >= 15 is 0 Å². The van der Waals surface area contributed by atoms with Gasteiger partial charge in [0.05, 0.1) is 26.4 Å². The summed E-state index contributed by atoms with van der Waals surface area (Å²) in [4.78, 5) is 73.3. The second kappa shape index (κ2) is 84.5. The van der Waals surface area contributed by atoms with Crippen molar-refractivity contribution in [2.45, 2.75) is 522 Å². The third-order valence-electron chi connectivity index (χ3n) is 21.8. The minimum atomic E-state index is -4.97. The van der Waals surface area contributed by atoms with Crippen molar-refractivity contribution in [1.29, 1.82) is 0 Å². The van der Waals surface area contributed by atoms with Crippen LogP contribution in [0, 0.1) is 5.92 Å². The lowest BCUT2D eigenvalue weighted by molar-refractivity contribution is -0.161. The number of aliphatic hydroxyl groups excluding tert-OH is 1. The van der Waals surface area contributed by atoms with Crippen molar-refractivity contribution >= 4 is 39.5 Å². The first kappa shape index (κ1) is 109.